The summed E-state index contributed by atoms with van der Waals surface area (Å²) in [5, 5.41) is 3.05. The van der Waals surface area contributed by atoms with Gasteiger partial charge in [0.15, 0.2) is 0 Å². The molecule has 2 aromatic carbocycles. The molecule has 0 aromatic heterocycles. The SMILES string of the molecule is COc1ccc(NC(=O)c2cccc(S(=O)(=O)NC3CC3)c2)cc1Cl. The molecule has 3 rings (SSSR count). The van der Waals surface area contributed by atoms with E-state index in [0.29, 0.717) is 16.5 Å². The first-order valence-electron chi connectivity index (χ1n) is 7.66. The Morgan fingerprint density at radius 1 is 1.20 bits per heavy atom. The van der Waals surface area contributed by atoms with Gasteiger partial charge >= 0.3 is 0 Å². The molecule has 1 aliphatic rings. The second-order valence-corrected chi connectivity index (χ2v) is 7.85. The van der Waals surface area contributed by atoms with E-state index in [1.165, 1.54) is 25.3 Å². The normalized spacial score (nSPS) is 14.2. The minimum Gasteiger partial charge on any atom is -0.495 e. The Bertz CT molecular complexity index is 911. The molecule has 25 heavy (non-hydrogen) atoms. The molecule has 1 saturated carbocycles. The predicted octanol–water partition coefficient (Wildman–Crippen LogP) is 3.04. The summed E-state index contributed by atoms with van der Waals surface area (Å²) in [6, 6.07) is 10.8. The van der Waals surface area contributed by atoms with Crippen LogP contribution in [0.5, 0.6) is 5.75 Å². The number of benzene rings is 2. The minimum absolute atomic E-state index is 0.00363. The summed E-state index contributed by atoms with van der Waals surface area (Å²) in [6.45, 7) is 0. The van der Waals surface area contributed by atoms with E-state index in [0.717, 1.165) is 12.8 Å². The van der Waals surface area contributed by atoms with Gasteiger partial charge in [0.1, 0.15) is 5.75 Å². The molecule has 2 N–H and O–H groups in total. The molecular weight excluding hydrogens is 364 g/mol. The van der Waals surface area contributed by atoms with Gasteiger partial charge in [-0.2, -0.15) is 0 Å². The molecule has 0 spiro atoms. The Kier molecular flexibility index (Phi) is 4.99. The van der Waals surface area contributed by atoms with Crippen molar-refractivity contribution in [3.63, 3.8) is 0 Å². The van der Waals surface area contributed by atoms with Crippen molar-refractivity contribution in [3.05, 3.63) is 53.1 Å². The number of halogens is 1. The van der Waals surface area contributed by atoms with Gasteiger partial charge in [-0.1, -0.05) is 17.7 Å². The van der Waals surface area contributed by atoms with Gasteiger partial charge in [-0.15, -0.1) is 0 Å². The third-order valence-electron chi connectivity index (χ3n) is 3.72. The van der Waals surface area contributed by atoms with Gasteiger partial charge in [0.05, 0.1) is 17.0 Å². The highest BCUT2D eigenvalue weighted by atomic mass is 35.5. The summed E-state index contributed by atoms with van der Waals surface area (Å²) in [7, 11) is -2.11. The lowest BCUT2D eigenvalue weighted by Gasteiger charge is -2.10. The largest absolute Gasteiger partial charge is 0.495 e. The molecule has 132 valence electrons. The minimum atomic E-state index is -3.61. The van der Waals surface area contributed by atoms with Crippen molar-refractivity contribution < 1.29 is 17.9 Å². The Morgan fingerprint density at radius 2 is 1.96 bits per heavy atom. The number of anilines is 1. The molecular formula is C17H17ClN2O4S. The molecule has 0 aliphatic heterocycles. The first-order chi connectivity index (χ1) is 11.9. The number of rotatable bonds is 6. The Labute approximate surface area is 151 Å². The first kappa shape index (κ1) is 17.7. The maximum Gasteiger partial charge on any atom is 0.255 e. The fourth-order valence-corrected chi connectivity index (χ4v) is 3.85. The zero-order chi connectivity index (χ0) is 18.0. The summed E-state index contributed by atoms with van der Waals surface area (Å²) >= 11 is 6.03. The number of ether oxygens (including phenoxy) is 1. The average Bonchev–Trinajstić information content (AvgIpc) is 3.38. The molecule has 6 nitrogen and oxygen atoms in total. The van der Waals surface area contributed by atoms with E-state index < -0.39 is 15.9 Å². The van der Waals surface area contributed by atoms with Crippen LogP contribution in [-0.2, 0) is 10.0 Å². The standard InChI is InChI=1S/C17H17ClN2O4S/c1-24-16-8-7-13(10-15(16)18)19-17(21)11-3-2-4-14(9-11)25(22,23)20-12-5-6-12/h2-4,7-10,12,20H,5-6H2,1H3,(H,19,21). The van der Waals surface area contributed by atoms with E-state index in [-0.39, 0.29) is 16.5 Å². The fraction of sp³-hybridized carbons (Fsp3) is 0.235. The molecule has 0 saturated heterocycles. The van der Waals surface area contributed by atoms with Gasteiger partial charge in [0, 0.05) is 17.3 Å². The van der Waals surface area contributed by atoms with Gasteiger partial charge in [-0.25, -0.2) is 13.1 Å². The molecule has 0 unspecified atom stereocenters. The third-order valence-corrected chi connectivity index (χ3v) is 5.53. The van der Waals surface area contributed by atoms with Crippen LogP contribution in [-0.4, -0.2) is 27.5 Å². The molecule has 0 atom stereocenters. The summed E-state index contributed by atoms with van der Waals surface area (Å²) in [6.07, 6.45) is 1.69. The van der Waals surface area contributed by atoms with Crippen LogP contribution in [0.3, 0.4) is 0 Å². The lowest BCUT2D eigenvalue weighted by Crippen LogP contribution is -2.26. The monoisotopic (exact) mass is 380 g/mol. The number of sulfonamides is 1. The number of nitrogens with one attached hydrogen (secondary N) is 2. The number of carbonyl (C=O) groups excluding carboxylic acids is 1. The highest BCUT2D eigenvalue weighted by Gasteiger charge is 2.28. The second kappa shape index (κ2) is 7.03. The van der Waals surface area contributed by atoms with E-state index >= 15 is 0 Å². The van der Waals surface area contributed by atoms with Crippen LogP contribution in [0.4, 0.5) is 5.69 Å². The lowest BCUT2D eigenvalue weighted by atomic mass is 10.2. The number of carbonyl (C=O) groups is 1. The Hall–Kier alpha value is -2.09. The van der Waals surface area contributed by atoms with Crippen LogP contribution >= 0.6 is 11.6 Å². The van der Waals surface area contributed by atoms with E-state index in [4.69, 9.17) is 16.3 Å². The zero-order valence-corrected chi connectivity index (χ0v) is 15.0. The summed E-state index contributed by atoms with van der Waals surface area (Å²) in [5.74, 6) is 0.0728. The molecule has 0 heterocycles. The highest BCUT2D eigenvalue weighted by Crippen LogP contribution is 2.27. The van der Waals surface area contributed by atoms with Crippen molar-refractivity contribution in [3.8, 4) is 5.75 Å². The van der Waals surface area contributed by atoms with Crippen molar-refractivity contribution >= 4 is 33.2 Å². The Balaban J connectivity index is 1.78. The van der Waals surface area contributed by atoms with Crippen molar-refractivity contribution in [2.24, 2.45) is 0 Å². The first-order valence-corrected chi connectivity index (χ1v) is 9.52. The zero-order valence-electron chi connectivity index (χ0n) is 13.5. The number of amides is 1. The van der Waals surface area contributed by atoms with Crippen LogP contribution in [0.25, 0.3) is 0 Å². The lowest BCUT2D eigenvalue weighted by molar-refractivity contribution is 0.102. The van der Waals surface area contributed by atoms with Crippen LogP contribution in [0, 0.1) is 0 Å². The van der Waals surface area contributed by atoms with Gasteiger partial charge in [0.2, 0.25) is 10.0 Å². The maximum absolute atomic E-state index is 12.4. The van der Waals surface area contributed by atoms with Crippen molar-refractivity contribution in [1.82, 2.24) is 4.72 Å². The summed E-state index contributed by atoms with van der Waals surface area (Å²) in [4.78, 5) is 12.5. The van der Waals surface area contributed by atoms with E-state index in [1.54, 1.807) is 24.3 Å². The molecule has 0 bridgehead atoms. The second-order valence-electron chi connectivity index (χ2n) is 5.73. The van der Waals surface area contributed by atoms with Crippen molar-refractivity contribution in [1.29, 1.82) is 0 Å². The quantitative estimate of drug-likeness (QED) is 0.806. The molecule has 1 amide bonds. The van der Waals surface area contributed by atoms with Gasteiger partial charge < -0.3 is 10.1 Å². The highest BCUT2D eigenvalue weighted by molar-refractivity contribution is 7.89. The number of hydrogen-bond acceptors (Lipinski definition) is 4. The molecule has 1 fully saturated rings. The van der Waals surface area contributed by atoms with Gasteiger partial charge in [-0.3, -0.25) is 4.79 Å². The third kappa shape index (κ3) is 4.31. The molecule has 8 heteroatoms. The fourth-order valence-electron chi connectivity index (χ4n) is 2.24. The van der Waals surface area contributed by atoms with Crippen molar-refractivity contribution in [2.45, 2.75) is 23.8 Å². The topological polar surface area (TPSA) is 84.5 Å². The van der Waals surface area contributed by atoms with Gasteiger partial charge in [-0.05, 0) is 49.2 Å². The molecule has 2 aromatic rings. The molecule has 1 aliphatic carbocycles. The number of methoxy groups -OCH3 is 1. The van der Waals surface area contributed by atoms with E-state index in [9.17, 15) is 13.2 Å². The average molecular weight is 381 g/mol. The van der Waals surface area contributed by atoms with E-state index in [2.05, 4.69) is 10.0 Å². The summed E-state index contributed by atoms with van der Waals surface area (Å²) in [5.41, 5.74) is 0.728. The summed E-state index contributed by atoms with van der Waals surface area (Å²) < 4.78 is 32.2. The van der Waals surface area contributed by atoms with Gasteiger partial charge in [0.25, 0.3) is 5.91 Å². The van der Waals surface area contributed by atoms with Crippen LogP contribution in [0.2, 0.25) is 5.02 Å². The predicted molar refractivity (Wildman–Crippen MR) is 95.7 cm³/mol. The van der Waals surface area contributed by atoms with Crippen LogP contribution in [0.1, 0.15) is 23.2 Å². The van der Waals surface area contributed by atoms with Crippen molar-refractivity contribution in [2.75, 3.05) is 12.4 Å². The number of hydrogen-bond donors (Lipinski definition) is 2. The maximum atomic E-state index is 12.4. The smallest absolute Gasteiger partial charge is 0.255 e. The van der Waals surface area contributed by atoms with Crippen LogP contribution in [0.15, 0.2) is 47.4 Å². The Morgan fingerprint density at radius 3 is 2.60 bits per heavy atom. The van der Waals surface area contributed by atoms with Crippen LogP contribution < -0.4 is 14.8 Å². The molecule has 0 radical (unpaired) electrons. The van der Waals surface area contributed by atoms with E-state index in [1.807, 2.05) is 0 Å².